The molecule has 0 saturated heterocycles. The van der Waals surface area contributed by atoms with Crippen LogP contribution in [-0.2, 0) is 16.1 Å². The van der Waals surface area contributed by atoms with E-state index >= 15 is 0 Å². The van der Waals surface area contributed by atoms with Crippen molar-refractivity contribution in [2.24, 2.45) is 0 Å². The average molecular weight is 366 g/mol. The number of nitrogens with zero attached hydrogens (tertiary/aromatic N) is 3. The third-order valence-electron chi connectivity index (χ3n) is 3.81. The van der Waals surface area contributed by atoms with Crippen LogP contribution < -0.4 is 16.0 Å². The fraction of sp³-hybridized carbons (Fsp3) is 0.167. The van der Waals surface area contributed by atoms with Gasteiger partial charge in [-0.15, -0.1) is 0 Å². The molecule has 0 spiro atoms. The summed E-state index contributed by atoms with van der Waals surface area (Å²) in [7, 11) is 1.60. The second-order valence-corrected chi connectivity index (χ2v) is 5.75. The average Bonchev–Trinajstić information content (AvgIpc) is 3.04. The summed E-state index contributed by atoms with van der Waals surface area (Å²) in [6.07, 6.45) is 3.05. The molecule has 1 aromatic carbocycles. The van der Waals surface area contributed by atoms with E-state index in [1.165, 1.54) is 17.8 Å². The normalized spacial score (nSPS) is 10.4. The summed E-state index contributed by atoms with van der Waals surface area (Å²) in [5.41, 5.74) is 1.48. The number of hydrogen-bond acceptors (Lipinski definition) is 6. The van der Waals surface area contributed by atoms with Gasteiger partial charge in [0.05, 0.1) is 17.5 Å². The van der Waals surface area contributed by atoms with Crippen LogP contribution >= 0.6 is 0 Å². The molecule has 27 heavy (non-hydrogen) atoms. The van der Waals surface area contributed by atoms with E-state index < -0.39 is 11.8 Å². The second-order valence-electron chi connectivity index (χ2n) is 5.75. The van der Waals surface area contributed by atoms with E-state index in [0.29, 0.717) is 5.69 Å². The first-order chi connectivity index (χ1) is 13.0. The summed E-state index contributed by atoms with van der Waals surface area (Å²) >= 11 is 0. The van der Waals surface area contributed by atoms with E-state index in [4.69, 9.17) is 0 Å². The van der Waals surface area contributed by atoms with Crippen LogP contribution in [0.5, 0.6) is 0 Å². The number of carbonyl (C=O) groups is 3. The number of nitrogens with one attached hydrogen (secondary N) is 3. The summed E-state index contributed by atoms with van der Waals surface area (Å²) < 4.78 is 1.38. The zero-order valence-corrected chi connectivity index (χ0v) is 14.8. The van der Waals surface area contributed by atoms with E-state index in [1.54, 1.807) is 31.4 Å². The molecule has 0 radical (unpaired) electrons. The third kappa shape index (κ3) is 3.92. The van der Waals surface area contributed by atoms with Gasteiger partial charge >= 0.3 is 0 Å². The maximum atomic E-state index is 12.5. The lowest BCUT2D eigenvalue weighted by Crippen LogP contribution is -2.31. The Morgan fingerprint density at radius 1 is 1.11 bits per heavy atom. The van der Waals surface area contributed by atoms with Crippen LogP contribution in [0.25, 0.3) is 10.9 Å². The molecule has 2 aromatic heterocycles. The molecule has 3 aromatic rings. The molecule has 0 aliphatic heterocycles. The third-order valence-corrected chi connectivity index (χ3v) is 3.81. The molecule has 138 valence electrons. The smallest absolute Gasteiger partial charge is 0.278 e. The van der Waals surface area contributed by atoms with Gasteiger partial charge in [-0.2, -0.15) is 0 Å². The molecule has 0 bridgehead atoms. The standard InChI is InChI=1S/C18H18N6O3/c1-11(25)22-18(27)16-17(19-2)21-10-24(16)9-15(26)23-14-7-3-6-13-12(14)5-4-8-20-13/h3-8,10,19H,9H2,1-2H3,(H,23,26)(H,22,25,27). The minimum atomic E-state index is -0.633. The number of amides is 3. The number of pyridine rings is 1. The number of imide groups is 1. The summed E-state index contributed by atoms with van der Waals surface area (Å²) in [4.78, 5) is 44.3. The highest BCUT2D eigenvalue weighted by Crippen LogP contribution is 2.21. The lowest BCUT2D eigenvalue weighted by molar-refractivity contribution is -0.118. The van der Waals surface area contributed by atoms with Crippen molar-refractivity contribution in [1.29, 1.82) is 0 Å². The van der Waals surface area contributed by atoms with Gasteiger partial charge in [0.25, 0.3) is 5.91 Å². The van der Waals surface area contributed by atoms with Gasteiger partial charge in [-0.3, -0.25) is 24.7 Å². The number of rotatable bonds is 5. The number of fused-ring (bicyclic) bond motifs is 1. The van der Waals surface area contributed by atoms with E-state index in [1.807, 2.05) is 12.1 Å². The molecule has 0 fully saturated rings. The Morgan fingerprint density at radius 2 is 1.93 bits per heavy atom. The van der Waals surface area contributed by atoms with Gasteiger partial charge in [-0.25, -0.2) is 4.98 Å². The SMILES string of the molecule is CNc1ncn(CC(=O)Nc2cccc3ncccc23)c1C(=O)NC(C)=O. The largest absolute Gasteiger partial charge is 0.371 e. The lowest BCUT2D eigenvalue weighted by Gasteiger charge is -2.11. The van der Waals surface area contributed by atoms with Crippen molar-refractivity contribution >= 4 is 40.1 Å². The Hall–Kier alpha value is -3.75. The van der Waals surface area contributed by atoms with Crippen molar-refractivity contribution in [2.75, 3.05) is 17.7 Å². The first kappa shape index (κ1) is 18.1. The van der Waals surface area contributed by atoms with E-state index in [9.17, 15) is 14.4 Å². The Bertz CT molecular complexity index is 1020. The molecule has 0 unspecified atom stereocenters. The van der Waals surface area contributed by atoms with Crippen LogP contribution in [0.15, 0.2) is 42.9 Å². The molecule has 0 aliphatic rings. The monoisotopic (exact) mass is 366 g/mol. The number of benzene rings is 1. The van der Waals surface area contributed by atoms with Crippen molar-refractivity contribution in [3.8, 4) is 0 Å². The highest BCUT2D eigenvalue weighted by molar-refractivity contribution is 6.06. The van der Waals surface area contributed by atoms with Crippen LogP contribution in [0.4, 0.5) is 11.5 Å². The molecule has 9 nitrogen and oxygen atoms in total. The lowest BCUT2D eigenvalue weighted by atomic mass is 10.2. The van der Waals surface area contributed by atoms with Crippen LogP contribution in [-0.4, -0.2) is 39.3 Å². The quantitative estimate of drug-likeness (QED) is 0.628. The van der Waals surface area contributed by atoms with Crippen molar-refractivity contribution in [3.05, 3.63) is 48.5 Å². The van der Waals surface area contributed by atoms with Crippen LogP contribution in [0, 0.1) is 0 Å². The molecule has 2 heterocycles. The van der Waals surface area contributed by atoms with Crippen molar-refractivity contribution in [3.63, 3.8) is 0 Å². The highest BCUT2D eigenvalue weighted by atomic mass is 16.2. The Labute approximate surface area is 154 Å². The Kier molecular flexibility index (Phi) is 5.11. The summed E-state index contributed by atoms with van der Waals surface area (Å²) in [5.74, 6) is -1.20. The van der Waals surface area contributed by atoms with Gasteiger partial charge in [0.1, 0.15) is 6.54 Å². The molecular formula is C18H18N6O3. The van der Waals surface area contributed by atoms with Crippen LogP contribution in [0.2, 0.25) is 0 Å². The van der Waals surface area contributed by atoms with E-state index in [-0.39, 0.29) is 24.0 Å². The Morgan fingerprint density at radius 3 is 2.67 bits per heavy atom. The second kappa shape index (κ2) is 7.65. The minimum absolute atomic E-state index is 0.0995. The molecule has 3 N–H and O–H groups in total. The zero-order valence-electron chi connectivity index (χ0n) is 14.8. The number of carbonyl (C=O) groups excluding carboxylic acids is 3. The number of imidazole rings is 1. The van der Waals surface area contributed by atoms with Crippen molar-refractivity contribution in [2.45, 2.75) is 13.5 Å². The van der Waals surface area contributed by atoms with Gasteiger partial charge in [0.2, 0.25) is 11.8 Å². The van der Waals surface area contributed by atoms with Gasteiger partial charge in [0, 0.05) is 25.6 Å². The molecule has 0 saturated carbocycles. The van der Waals surface area contributed by atoms with Gasteiger partial charge in [-0.1, -0.05) is 6.07 Å². The van der Waals surface area contributed by atoms with E-state index in [0.717, 1.165) is 10.9 Å². The predicted molar refractivity (Wildman–Crippen MR) is 100 cm³/mol. The fourth-order valence-corrected chi connectivity index (χ4v) is 2.70. The molecule has 3 amide bonds. The molecule has 0 aliphatic carbocycles. The zero-order chi connectivity index (χ0) is 19.4. The maximum absolute atomic E-state index is 12.5. The highest BCUT2D eigenvalue weighted by Gasteiger charge is 2.20. The first-order valence-corrected chi connectivity index (χ1v) is 8.18. The van der Waals surface area contributed by atoms with Crippen LogP contribution in [0.1, 0.15) is 17.4 Å². The molecule has 3 rings (SSSR count). The van der Waals surface area contributed by atoms with Gasteiger partial charge < -0.3 is 15.2 Å². The van der Waals surface area contributed by atoms with Gasteiger partial charge in [-0.05, 0) is 24.3 Å². The predicted octanol–water partition coefficient (Wildman–Crippen LogP) is 1.39. The summed E-state index contributed by atoms with van der Waals surface area (Å²) in [6.45, 7) is 1.09. The van der Waals surface area contributed by atoms with Gasteiger partial charge in [0.15, 0.2) is 11.5 Å². The minimum Gasteiger partial charge on any atom is -0.371 e. The van der Waals surface area contributed by atoms with Crippen molar-refractivity contribution in [1.82, 2.24) is 19.9 Å². The fourth-order valence-electron chi connectivity index (χ4n) is 2.70. The number of aromatic nitrogens is 3. The van der Waals surface area contributed by atoms with Crippen molar-refractivity contribution < 1.29 is 14.4 Å². The number of anilines is 2. The Balaban J connectivity index is 1.83. The number of hydrogen-bond donors (Lipinski definition) is 3. The first-order valence-electron chi connectivity index (χ1n) is 8.18. The van der Waals surface area contributed by atoms with E-state index in [2.05, 4.69) is 25.9 Å². The topological polar surface area (TPSA) is 118 Å². The van der Waals surface area contributed by atoms with Crippen LogP contribution in [0.3, 0.4) is 0 Å². The molecule has 0 atom stereocenters. The molecule has 9 heteroatoms. The summed E-state index contributed by atoms with van der Waals surface area (Å²) in [5, 5.41) is 8.59. The maximum Gasteiger partial charge on any atom is 0.278 e. The molecular weight excluding hydrogens is 348 g/mol. The summed E-state index contributed by atoms with van der Waals surface area (Å²) in [6, 6.07) is 9.08.